The number of hydrogen-bond donors (Lipinski definition) is 0. The van der Waals surface area contributed by atoms with Crippen LogP contribution in [0.2, 0.25) is 0 Å². The van der Waals surface area contributed by atoms with Crippen LogP contribution in [0, 0.1) is 0 Å². The molecule has 0 saturated heterocycles. The Kier molecular flexibility index (Phi) is 3.15. The maximum Gasteiger partial charge on any atom is 0.272 e. The summed E-state index contributed by atoms with van der Waals surface area (Å²) >= 11 is 0. The summed E-state index contributed by atoms with van der Waals surface area (Å²) in [4.78, 5) is 9.83. The standard InChI is InChI=1S/C5H9FNO/c1-2-3-4(6)5(7)8/h4,7H,2-3H2,1H3/t4-/m1/s1. The van der Waals surface area contributed by atoms with Crippen LogP contribution in [0.15, 0.2) is 0 Å². The Morgan fingerprint density at radius 1 is 1.88 bits per heavy atom. The first-order chi connectivity index (χ1) is 3.68. The van der Waals surface area contributed by atoms with Gasteiger partial charge in [-0.25, -0.2) is 4.39 Å². The fourth-order valence-corrected chi connectivity index (χ4v) is 0.385. The van der Waals surface area contributed by atoms with Gasteiger partial charge in [0.1, 0.15) is 0 Å². The first-order valence-electron chi connectivity index (χ1n) is 2.58. The van der Waals surface area contributed by atoms with E-state index in [1.807, 2.05) is 0 Å². The molecule has 8 heavy (non-hydrogen) atoms. The van der Waals surface area contributed by atoms with E-state index >= 15 is 0 Å². The van der Waals surface area contributed by atoms with E-state index in [0.29, 0.717) is 6.42 Å². The Labute approximate surface area is 47.9 Å². The van der Waals surface area contributed by atoms with Crippen LogP contribution in [0.3, 0.4) is 0 Å². The highest BCUT2D eigenvalue weighted by Gasteiger charge is 2.10. The van der Waals surface area contributed by atoms with Crippen LogP contribution in [-0.2, 0) is 4.79 Å². The highest BCUT2D eigenvalue weighted by atomic mass is 19.1. The number of carbonyl (C=O) groups excluding carboxylic acids is 1. The van der Waals surface area contributed by atoms with E-state index in [9.17, 15) is 9.18 Å². The molecule has 0 heterocycles. The van der Waals surface area contributed by atoms with Gasteiger partial charge in [0.05, 0.1) is 0 Å². The van der Waals surface area contributed by atoms with Crippen molar-refractivity contribution in [3.8, 4) is 0 Å². The number of nitrogens with one attached hydrogen (secondary N) is 1. The molecule has 0 fully saturated rings. The Bertz CT molecular complexity index is 84.5. The Morgan fingerprint density at radius 2 is 2.38 bits per heavy atom. The predicted octanol–water partition coefficient (Wildman–Crippen LogP) is 0.934. The van der Waals surface area contributed by atoms with Crippen LogP contribution in [0.25, 0.3) is 0 Å². The van der Waals surface area contributed by atoms with E-state index in [2.05, 4.69) is 0 Å². The second-order valence-electron chi connectivity index (χ2n) is 1.62. The average Bonchev–Trinajstić information content (AvgIpc) is 1.67. The second-order valence-corrected chi connectivity index (χ2v) is 1.62. The first-order valence-corrected chi connectivity index (χ1v) is 2.58. The molecule has 0 bridgehead atoms. The molecule has 0 unspecified atom stereocenters. The molecule has 0 spiro atoms. The van der Waals surface area contributed by atoms with Gasteiger partial charge in [0.25, 0.3) is 5.91 Å². The van der Waals surface area contributed by atoms with Crippen molar-refractivity contribution in [3.05, 3.63) is 0 Å². The van der Waals surface area contributed by atoms with Gasteiger partial charge in [-0.2, -0.15) is 0 Å². The molecule has 0 aliphatic rings. The maximum absolute atomic E-state index is 12.0. The zero-order chi connectivity index (χ0) is 6.57. The molecule has 0 aromatic carbocycles. The van der Waals surface area contributed by atoms with E-state index < -0.39 is 12.1 Å². The first kappa shape index (κ1) is 7.40. The Morgan fingerprint density at radius 3 is 2.50 bits per heavy atom. The number of hydrogen-bond acceptors (Lipinski definition) is 1. The van der Waals surface area contributed by atoms with Crippen LogP contribution in [-0.4, -0.2) is 12.1 Å². The molecule has 0 aromatic heterocycles. The molecular weight excluding hydrogens is 109 g/mol. The van der Waals surface area contributed by atoms with Crippen molar-refractivity contribution < 1.29 is 9.18 Å². The zero-order valence-corrected chi connectivity index (χ0v) is 4.78. The Hall–Kier alpha value is -0.600. The molecule has 0 aliphatic heterocycles. The van der Waals surface area contributed by atoms with Gasteiger partial charge in [-0.3, -0.25) is 10.5 Å². The molecule has 47 valence electrons. The summed E-state index contributed by atoms with van der Waals surface area (Å²) in [6, 6.07) is 0. The summed E-state index contributed by atoms with van der Waals surface area (Å²) in [7, 11) is 0. The third-order valence-electron chi connectivity index (χ3n) is 0.827. The quantitative estimate of drug-likeness (QED) is 0.543. The smallest absolute Gasteiger partial charge is 0.270 e. The number of alkyl halides is 1. The monoisotopic (exact) mass is 118 g/mol. The number of carbonyl (C=O) groups is 1. The topological polar surface area (TPSA) is 40.9 Å². The molecule has 2 nitrogen and oxygen atoms in total. The van der Waals surface area contributed by atoms with Gasteiger partial charge in [0.15, 0.2) is 6.17 Å². The summed E-state index contributed by atoms with van der Waals surface area (Å²) in [5, 5.41) is 0. The lowest BCUT2D eigenvalue weighted by Gasteiger charge is -1.96. The van der Waals surface area contributed by atoms with Crippen LogP contribution in [0.4, 0.5) is 4.39 Å². The minimum atomic E-state index is -1.56. The largest absolute Gasteiger partial charge is 0.272 e. The minimum absolute atomic E-state index is 0.183. The average molecular weight is 118 g/mol. The molecule has 0 saturated carbocycles. The van der Waals surface area contributed by atoms with Gasteiger partial charge >= 0.3 is 0 Å². The van der Waals surface area contributed by atoms with Gasteiger partial charge in [0.2, 0.25) is 0 Å². The van der Waals surface area contributed by atoms with E-state index in [1.165, 1.54) is 0 Å². The molecule has 1 radical (unpaired) electrons. The zero-order valence-electron chi connectivity index (χ0n) is 4.78. The summed E-state index contributed by atoms with van der Waals surface area (Å²) in [6.07, 6.45) is -0.756. The van der Waals surface area contributed by atoms with Gasteiger partial charge in [-0.1, -0.05) is 13.3 Å². The van der Waals surface area contributed by atoms with Gasteiger partial charge in [-0.05, 0) is 6.42 Å². The van der Waals surface area contributed by atoms with Crippen molar-refractivity contribution >= 4 is 5.91 Å². The van der Waals surface area contributed by atoms with Crippen molar-refractivity contribution in [1.29, 1.82) is 0 Å². The third-order valence-corrected chi connectivity index (χ3v) is 0.827. The van der Waals surface area contributed by atoms with Crippen molar-refractivity contribution in [3.63, 3.8) is 0 Å². The third kappa shape index (κ3) is 2.55. The van der Waals surface area contributed by atoms with Crippen LogP contribution >= 0.6 is 0 Å². The molecule has 1 amide bonds. The number of rotatable bonds is 3. The summed E-state index contributed by atoms with van der Waals surface area (Å²) in [5.74, 6) is -1.10. The molecule has 0 rings (SSSR count). The summed E-state index contributed by atoms with van der Waals surface area (Å²) < 4.78 is 12.0. The maximum atomic E-state index is 12.0. The van der Waals surface area contributed by atoms with Crippen molar-refractivity contribution in [2.75, 3.05) is 0 Å². The van der Waals surface area contributed by atoms with Crippen molar-refractivity contribution in [2.45, 2.75) is 25.9 Å². The molecule has 0 aliphatic carbocycles. The molecule has 3 heteroatoms. The lowest BCUT2D eigenvalue weighted by Crippen LogP contribution is -2.15. The Balaban J connectivity index is 3.32. The summed E-state index contributed by atoms with van der Waals surface area (Å²) in [5.41, 5.74) is 6.27. The molecule has 1 N–H and O–H groups in total. The van der Waals surface area contributed by atoms with E-state index in [4.69, 9.17) is 5.73 Å². The van der Waals surface area contributed by atoms with Crippen LogP contribution in [0.5, 0.6) is 0 Å². The predicted molar refractivity (Wildman–Crippen MR) is 27.9 cm³/mol. The van der Waals surface area contributed by atoms with Crippen molar-refractivity contribution in [1.82, 2.24) is 5.73 Å². The highest BCUT2D eigenvalue weighted by molar-refractivity contribution is 5.77. The number of amides is 1. The normalized spacial score (nSPS) is 13.2. The fourth-order valence-electron chi connectivity index (χ4n) is 0.385. The minimum Gasteiger partial charge on any atom is -0.270 e. The lowest BCUT2D eigenvalue weighted by atomic mass is 10.2. The van der Waals surface area contributed by atoms with Crippen LogP contribution < -0.4 is 5.73 Å². The van der Waals surface area contributed by atoms with E-state index in [0.717, 1.165) is 0 Å². The van der Waals surface area contributed by atoms with Gasteiger partial charge in [-0.15, -0.1) is 0 Å². The van der Waals surface area contributed by atoms with Gasteiger partial charge < -0.3 is 0 Å². The molecule has 1 atom stereocenters. The molecular formula is C5H9FNO. The molecule has 0 aromatic rings. The fraction of sp³-hybridized carbons (Fsp3) is 0.800. The highest BCUT2D eigenvalue weighted by Crippen LogP contribution is 1.99. The second kappa shape index (κ2) is 3.41. The number of halogens is 1. The SMILES string of the molecule is CCC[C@@H](F)C([NH])=O. The van der Waals surface area contributed by atoms with Gasteiger partial charge in [0, 0.05) is 0 Å². The van der Waals surface area contributed by atoms with E-state index in [-0.39, 0.29) is 6.42 Å². The van der Waals surface area contributed by atoms with Crippen LogP contribution in [0.1, 0.15) is 19.8 Å². The van der Waals surface area contributed by atoms with Crippen molar-refractivity contribution in [2.24, 2.45) is 0 Å². The van der Waals surface area contributed by atoms with E-state index in [1.54, 1.807) is 6.92 Å². The lowest BCUT2D eigenvalue weighted by molar-refractivity contribution is -0.123. The summed E-state index contributed by atoms with van der Waals surface area (Å²) in [6.45, 7) is 1.77.